The number of amides is 1. The van der Waals surface area contributed by atoms with Crippen molar-refractivity contribution in [1.82, 2.24) is 9.80 Å². The molecule has 1 aliphatic carbocycles. The van der Waals surface area contributed by atoms with Crippen LogP contribution in [0.3, 0.4) is 0 Å². The van der Waals surface area contributed by atoms with E-state index in [0.717, 1.165) is 45.3 Å². The normalized spacial score (nSPS) is 29.0. The second-order valence-electron chi connectivity index (χ2n) is 6.48. The maximum Gasteiger partial charge on any atom is 0.230 e. The van der Waals surface area contributed by atoms with Crippen molar-refractivity contribution in [3.05, 3.63) is 0 Å². The molecule has 2 N–H and O–H groups in total. The highest BCUT2D eigenvalue weighted by Crippen LogP contribution is 2.36. The van der Waals surface area contributed by atoms with E-state index in [2.05, 4.69) is 23.8 Å². The zero-order chi connectivity index (χ0) is 13.9. The first-order valence-electron chi connectivity index (χ1n) is 7.79. The summed E-state index contributed by atoms with van der Waals surface area (Å²) in [7, 11) is 2.14. The van der Waals surface area contributed by atoms with Crippen molar-refractivity contribution in [2.45, 2.75) is 51.5 Å². The predicted octanol–water partition coefficient (Wildman–Crippen LogP) is 1.45. The highest BCUT2D eigenvalue weighted by molar-refractivity contribution is 5.83. The third-order valence-corrected chi connectivity index (χ3v) is 5.15. The van der Waals surface area contributed by atoms with Crippen molar-refractivity contribution in [2.75, 3.05) is 33.2 Å². The largest absolute Gasteiger partial charge is 0.339 e. The van der Waals surface area contributed by atoms with Gasteiger partial charge in [0.2, 0.25) is 5.91 Å². The zero-order valence-electron chi connectivity index (χ0n) is 12.5. The molecule has 2 rings (SSSR count). The quantitative estimate of drug-likeness (QED) is 0.770. The summed E-state index contributed by atoms with van der Waals surface area (Å²) in [4.78, 5) is 17.3. The number of rotatable bonds is 2. The third-order valence-electron chi connectivity index (χ3n) is 5.15. The van der Waals surface area contributed by atoms with E-state index in [1.165, 1.54) is 12.8 Å². The minimum Gasteiger partial charge on any atom is -0.339 e. The van der Waals surface area contributed by atoms with Crippen LogP contribution in [0.15, 0.2) is 0 Å². The predicted molar refractivity (Wildman–Crippen MR) is 77.9 cm³/mol. The van der Waals surface area contributed by atoms with Crippen molar-refractivity contribution in [2.24, 2.45) is 11.1 Å². The van der Waals surface area contributed by atoms with Gasteiger partial charge < -0.3 is 15.5 Å². The topological polar surface area (TPSA) is 49.6 Å². The van der Waals surface area contributed by atoms with Crippen LogP contribution in [0, 0.1) is 5.41 Å². The summed E-state index contributed by atoms with van der Waals surface area (Å²) in [5, 5.41) is 0. The Morgan fingerprint density at radius 1 is 1.21 bits per heavy atom. The van der Waals surface area contributed by atoms with E-state index in [4.69, 9.17) is 5.73 Å². The monoisotopic (exact) mass is 267 g/mol. The van der Waals surface area contributed by atoms with Gasteiger partial charge in [-0.1, -0.05) is 25.7 Å². The first kappa shape index (κ1) is 14.8. The lowest BCUT2D eigenvalue weighted by molar-refractivity contribution is -0.145. The number of carbonyl (C=O) groups excluding carboxylic acids is 1. The number of nitrogens with two attached hydrogens (primary N) is 1. The van der Waals surface area contributed by atoms with Crippen LogP contribution in [0.5, 0.6) is 0 Å². The molecule has 1 unspecified atom stereocenters. The van der Waals surface area contributed by atoms with Gasteiger partial charge in [0.1, 0.15) is 0 Å². The Bertz CT molecular complexity index is 311. The molecule has 4 heteroatoms. The lowest BCUT2D eigenvalue weighted by atomic mass is 9.78. The van der Waals surface area contributed by atoms with E-state index in [9.17, 15) is 4.79 Å². The Labute approximate surface area is 117 Å². The molecular formula is C15H29N3O. The van der Waals surface area contributed by atoms with Gasteiger partial charge in [-0.25, -0.2) is 0 Å². The fourth-order valence-corrected chi connectivity index (χ4v) is 3.48. The van der Waals surface area contributed by atoms with Crippen LogP contribution in [-0.4, -0.2) is 55.0 Å². The highest BCUT2D eigenvalue weighted by Gasteiger charge is 2.41. The number of hydrogen-bond acceptors (Lipinski definition) is 3. The Balaban J connectivity index is 2.07. The second-order valence-corrected chi connectivity index (χ2v) is 6.48. The first-order valence-corrected chi connectivity index (χ1v) is 7.79. The minimum absolute atomic E-state index is 0.258. The third kappa shape index (κ3) is 3.11. The highest BCUT2D eigenvalue weighted by atomic mass is 16.2. The molecule has 0 bridgehead atoms. The van der Waals surface area contributed by atoms with E-state index >= 15 is 0 Å². The lowest BCUT2D eigenvalue weighted by Crippen LogP contribution is -2.57. The smallest absolute Gasteiger partial charge is 0.230 e. The molecule has 1 aliphatic heterocycles. The molecule has 2 fully saturated rings. The van der Waals surface area contributed by atoms with E-state index in [1.54, 1.807) is 0 Å². The van der Waals surface area contributed by atoms with Crippen LogP contribution < -0.4 is 5.73 Å². The molecule has 0 radical (unpaired) electrons. The summed E-state index contributed by atoms with van der Waals surface area (Å²) < 4.78 is 0. The van der Waals surface area contributed by atoms with Crippen LogP contribution in [0.4, 0.5) is 0 Å². The van der Waals surface area contributed by atoms with Crippen LogP contribution in [0.1, 0.15) is 45.4 Å². The average molecular weight is 267 g/mol. The van der Waals surface area contributed by atoms with Crippen LogP contribution in [-0.2, 0) is 4.79 Å². The van der Waals surface area contributed by atoms with Crippen molar-refractivity contribution in [3.8, 4) is 0 Å². The molecule has 1 heterocycles. The maximum absolute atomic E-state index is 12.9. The summed E-state index contributed by atoms with van der Waals surface area (Å²) in [5.41, 5.74) is 5.76. The number of piperazine rings is 1. The van der Waals surface area contributed by atoms with E-state index < -0.39 is 0 Å². The lowest BCUT2D eigenvalue weighted by Gasteiger charge is -2.42. The minimum atomic E-state index is -0.258. The molecule has 1 amide bonds. The van der Waals surface area contributed by atoms with Crippen molar-refractivity contribution in [3.63, 3.8) is 0 Å². The summed E-state index contributed by atoms with van der Waals surface area (Å²) >= 11 is 0. The molecule has 1 saturated carbocycles. The van der Waals surface area contributed by atoms with Crippen molar-refractivity contribution < 1.29 is 4.79 Å². The van der Waals surface area contributed by atoms with Gasteiger partial charge in [-0.05, 0) is 26.8 Å². The van der Waals surface area contributed by atoms with E-state index in [1.807, 2.05) is 0 Å². The fraction of sp³-hybridized carbons (Fsp3) is 0.933. The number of likely N-dealkylation sites (N-methyl/N-ethyl adjacent to an activating group) is 1. The molecule has 19 heavy (non-hydrogen) atoms. The molecule has 4 nitrogen and oxygen atoms in total. The number of nitrogens with zero attached hydrogens (tertiary/aromatic N) is 2. The molecule has 0 spiro atoms. The van der Waals surface area contributed by atoms with Gasteiger partial charge in [-0.3, -0.25) is 4.79 Å². The Morgan fingerprint density at radius 3 is 2.37 bits per heavy atom. The fourth-order valence-electron chi connectivity index (χ4n) is 3.48. The van der Waals surface area contributed by atoms with Gasteiger partial charge in [-0.2, -0.15) is 0 Å². The van der Waals surface area contributed by atoms with Crippen molar-refractivity contribution in [1.29, 1.82) is 0 Å². The van der Waals surface area contributed by atoms with E-state index in [0.29, 0.717) is 18.5 Å². The molecular weight excluding hydrogens is 238 g/mol. The Morgan fingerprint density at radius 2 is 1.84 bits per heavy atom. The summed E-state index contributed by atoms with van der Waals surface area (Å²) in [6.45, 7) is 5.42. The summed E-state index contributed by atoms with van der Waals surface area (Å²) in [6.07, 6.45) is 6.81. The zero-order valence-corrected chi connectivity index (χ0v) is 12.5. The SMILES string of the molecule is CC1CN(C(=O)C2(CN)CCCCCC2)CCN1C. The van der Waals surface area contributed by atoms with E-state index in [-0.39, 0.29) is 5.41 Å². The molecule has 1 saturated heterocycles. The molecule has 0 aromatic heterocycles. The van der Waals surface area contributed by atoms with Crippen molar-refractivity contribution >= 4 is 5.91 Å². The first-order chi connectivity index (χ1) is 9.09. The standard InChI is InChI=1S/C15H29N3O/c1-13-11-18(10-9-17(13)2)14(19)15(12-16)7-5-3-4-6-8-15/h13H,3-12,16H2,1-2H3. The Hall–Kier alpha value is -0.610. The molecule has 0 aromatic rings. The number of hydrogen-bond donors (Lipinski definition) is 1. The van der Waals surface area contributed by atoms with Crippen LogP contribution >= 0.6 is 0 Å². The average Bonchev–Trinajstić information content (AvgIpc) is 2.67. The molecule has 110 valence electrons. The van der Waals surface area contributed by atoms with Crippen LogP contribution in [0.25, 0.3) is 0 Å². The van der Waals surface area contributed by atoms with Gasteiger partial charge in [0, 0.05) is 32.2 Å². The summed E-state index contributed by atoms with van der Waals surface area (Å²) in [5.74, 6) is 0.330. The van der Waals surface area contributed by atoms with Gasteiger partial charge in [0.25, 0.3) is 0 Å². The number of carbonyl (C=O) groups is 1. The molecule has 0 aromatic carbocycles. The molecule has 2 aliphatic rings. The van der Waals surface area contributed by atoms with Gasteiger partial charge in [0.05, 0.1) is 5.41 Å². The Kier molecular flexibility index (Phi) is 4.85. The maximum atomic E-state index is 12.9. The van der Waals surface area contributed by atoms with Gasteiger partial charge in [-0.15, -0.1) is 0 Å². The van der Waals surface area contributed by atoms with Gasteiger partial charge in [0.15, 0.2) is 0 Å². The van der Waals surface area contributed by atoms with Gasteiger partial charge >= 0.3 is 0 Å². The second kappa shape index (κ2) is 6.23. The summed E-state index contributed by atoms with van der Waals surface area (Å²) in [6, 6.07) is 0.457. The van der Waals surface area contributed by atoms with Crippen LogP contribution in [0.2, 0.25) is 0 Å². The molecule has 1 atom stereocenters.